The molecule has 26 heavy (non-hydrogen) atoms. The van der Waals surface area contributed by atoms with Crippen LogP contribution >= 0.6 is 12.4 Å². The van der Waals surface area contributed by atoms with Crippen molar-refractivity contribution in [3.05, 3.63) is 48.0 Å². The second-order valence-corrected chi connectivity index (χ2v) is 6.32. The maximum atomic E-state index is 6.43. The summed E-state index contributed by atoms with van der Waals surface area (Å²) in [4.78, 5) is 2.36. The fourth-order valence-electron chi connectivity index (χ4n) is 3.45. The lowest BCUT2D eigenvalue weighted by molar-refractivity contribution is 0.354. The van der Waals surface area contributed by atoms with Crippen molar-refractivity contribution in [2.24, 2.45) is 5.73 Å². The zero-order valence-corrected chi connectivity index (χ0v) is 16.3. The van der Waals surface area contributed by atoms with Crippen molar-refractivity contribution in [1.82, 2.24) is 0 Å². The van der Waals surface area contributed by atoms with E-state index in [2.05, 4.69) is 23.1 Å². The monoisotopic (exact) mass is 378 g/mol. The number of methoxy groups -OCH3 is 3. The molecule has 2 aromatic carbocycles. The van der Waals surface area contributed by atoms with Gasteiger partial charge in [-0.1, -0.05) is 12.1 Å². The molecule has 0 aliphatic carbocycles. The van der Waals surface area contributed by atoms with E-state index in [-0.39, 0.29) is 24.4 Å². The first-order valence-corrected chi connectivity index (χ1v) is 8.52. The number of benzene rings is 2. The average molecular weight is 379 g/mol. The molecule has 0 spiro atoms. The molecule has 0 saturated carbocycles. The minimum atomic E-state index is 0. The van der Waals surface area contributed by atoms with E-state index in [0.29, 0.717) is 0 Å². The summed E-state index contributed by atoms with van der Waals surface area (Å²) in [5.74, 6) is 2.61. The number of anilines is 1. The largest absolute Gasteiger partial charge is 0.497 e. The molecule has 142 valence electrons. The van der Waals surface area contributed by atoms with Crippen molar-refractivity contribution < 1.29 is 14.2 Å². The molecule has 0 radical (unpaired) electrons. The Balaban J connectivity index is 0.00000243. The predicted molar refractivity (Wildman–Crippen MR) is 107 cm³/mol. The minimum absolute atomic E-state index is 0. The van der Waals surface area contributed by atoms with Crippen molar-refractivity contribution in [2.45, 2.75) is 18.4 Å². The van der Waals surface area contributed by atoms with Crippen LogP contribution in [0.2, 0.25) is 0 Å². The molecule has 1 heterocycles. The number of ether oxygens (including phenoxy) is 3. The van der Waals surface area contributed by atoms with E-state index in [9.17, 15) is 0 Å². The normalized spacial score (nSPS) is 19.5. The van der Waals surface area contributed by atoms with Gasteiger partial charge in [0.15, 0.2) is 11.5 Å². The zero-order chi connectivity index (χ0) is 17.8. The van der Waals surface area contributed by atoms with Gasteiger partial charge in [0, 0.05) is 36.8 Å². The molecular weight excluding hydrogens is 352 g/mol. The first kappa shape index (κ1) is 20.2. The SMILES string of the molecule is COc1cccc([C@H]2CN(c3ccc(OC)c(OC)c3)CC[C@H]2N)c1.Cl. The van der Waals surface area contributed by atoms with E-state index >= 15 is 0 Å². The molecule has 0 unspecified atom stereocenters. The Morgan fingerprint density at radius 2 is 1.73 bits per heavy atom. The van der Waals surface area contributed by atoms with E-state index in [1.165, 1.54) is 5.56 Å². The third kappa shape index (κ3) is 4.17. The van der Waals surface area contributed by atoms with Crippen LogP contribution in [0.25, 0.3) is 0 Å². The van der Waals surface area contributed by atoms with Crippen LogP contribution in [0.4, 0.5) is 5.69 Å². The summed E-state index contributed by atoms with van der Waals surface area (Å²) in [5.41, 5.74) is 8.77. The van der Waals surface area contributed by atoms with E-state index < -0.39 is 0 Å². The molecule has 1 aliphatic rings. The molecule has 2 aromatic rings. The fraction of sp³-hybridized carbons (Fsp3) is 0.400. The highest BCUT2D eigenvalue weighted by Gasteiger charge is 2.28. The van der Waals surface area contributed by atoms with Crippen LogP contribution in [0, 0.1) is 0 Å². The molecule has 0 aromatic heterocycles. The summed E-state index contributed by atoms with van der Waals surface area (Å²) in [6, 6.07) is 14.4. The Hall–Kier alpha value is -2.11. The maximum Gasteiger partial charge on any atom is 0.162 e. The van der Waals surface area contributed by atoms with Crippen LogP contribution in [0.5, 0.6) is 17.2 Å². The van der Waals surface area contributed by atoms with E-state index in [0.717, 1.165) is 42.4 Å². The Labute approximate surface area is 161 Å². The minimum Gasteiger partial charge on any atom is -0.497 e. The summed E-state index contributed by atoms with van der Waals surface area (Å²) in [6.45, 7) is 1.79. The number of nitrogens with two attached hydrogens (primary N) is 1. The van der Waals surface area contributed by atoms with Crippen molar-refractivity contribution in [2.75, 3.05) is 39.3 Å². The van der Waals surface area contributed by atoms with Crippen molar-refractivity contribution >= 4 is 18.1 Å². The Morgan fingerprint density at radius 1 is 0.962 bits per heavy atom. The Kier molecular flexibility index (Phi) is 7.00. The van der Waals surface area contributed by atoms with E-state index in [1.54, 1.807) is 21.3 Å². The van der Waals surface area contributed by atoms with Crippen LogP contribution in [0.1, 0.15) is 17.9 Å². The van der Waals surface area contributed by atoms with Gasteiger partial charge in [0.2, 0.25) is 0 Å². The second kappa shape index (κ2) is 9.01. The van der Waals surface area contributed by atoms with Gasteiger partial charge in [-0.05, 0) is 36.2 Å². The maximum absolute atomic E-state index is 6.43. The van der Waals surface area contributed by atoms with Gasteiger partial charge < -0.3 is 24.8 Å². The quantitative estimate of drug-likeness (QED) is 0.863. The molecule has 6 heteroatoms. The van der Waals surface area contributed by atoms with Gasteiger partial charge in [0.05, 0.1) is 21.3 Å². The molecule has 5 nitrogen and oxygen atoms in total. The van der Waals surface area contributed by atoms with Crippen LogP contribution in [-0.4, -0.2) is 40.5 Å². The fourth-order valence-corrected chi connectivity index (χ4v) is 3.45. The van der Waals surface area contributed by atoms with Gasteiger partial charge in [-0.3, -0.25) is 0 Å². The summed E-state index contributed by atoms with van der Waals surface area (Å²) in [7, 11) is 5.00. The van der Waals surface area contributed by atoms with Crippen molar-refractivity contribution in [3.63, 3.8) is 0 Å². The standard InChI is InChI=1S/C20H26N2O3.ClH/c1-23-16-6-4-5-14(11-16)17-13-22(10-9-18(17)21)15-7-8-19(24-2)20(12-15)25-3;/h4-8,11-12,17-18H,9-10,13,21H2,1-3H3;1H/t17-,18-;/m1./s1. The molecular formula is C20H27ClN2O3. The molecule has 1 saturated heterocycles. The summed E-state index contributed by atoms with van der Waals surface area (Å²) >= 11 is 0. The predicted octanol–water partition coefficient (Wildman–Crippen LogP) is 3.46. The smallest absolute Gasteiger partial charge is 0.162 e. The Bertz CT molecular complexity index is 726. The molecule has 2 atom stereocenters. The van der Waals surface area contributed by atoms with Gasteiger partial charge in [-0.2, -0.15) is 0 Å². The third-order valence-electron chi connectivity index (χ3n) is 4.92. The lowest BCUT2D eigenvalue weighted by Gasteiger charge is -2.38. The highest BCUT2D eigenvalue weighted by atomic mass is 35.5. The number of rotatable bonds is 5. The number of hydrogen-bond donors (Lipinski definition) is 1. The molecule has 0 bridgehead atoms. The van der Waals surface area contributed by atoms with Crippen LogP contribution in [0.3, 0.4) is 0 Å². The Morgan fingerprint density at radius 3 is 2.42 bits per heavy atom. The highest BCUT2D eigenvalue weighted by Crippen LogP contribution is 2.35. The van der Waals surface area contributed by atoms with Gasteiger partial charge in [0.25, 0.3) is 0 Å². The number of halogens is 1. The number of piperidine rings is 1. The van der Waals surface area contributed by atoms with Gasteiger partial charge in [0.1, 0.15) is 5.75 Å². The first-order chi connectivity index (χ1) is 12.2. The van der Waals surface area contributed by atoms with Gasteiger partial charge in [-0.25, -0.2) is 0 Å². The van der Waals surface area contributed by atoms with Gasteiger partial charge >= 0.3 is 0 Å². The molecule has 1 fully saturated rings. The van der Waals surface area contributed by atoms with Crippen LogP contribution in [0.15, 0.2) is 42.5 Å². The molecule has 0 amide bonds. The molecule has 3 rings (SSSR count). The first-order valence-electron chi connectivity index (χ1n) is 8.52. The average Bonchev–Trinajstić information content (AvgIpc) is 2.67. The lowest BCUT2D eigenvalue weighted by atomic mass is 9.86. The van der Waals surface area contributed by atoms with Crippen molar-refractivity contribution in [1.29, 1.82) is 0 Å². The van der Waals surface area contributed by atoms with Crippen molar-refractivity contribution in [3.8, 4) is 17.2 Å². The van der Waals surface area contributed by atoms with Crippen LogP contribution < -0.4 is 24.8 Å². The summed E-state index contributed by atoms with van der Waals surface area (Å²) in [6.07, 6.45) is 0.941. The molecule has 1 aliphatic heterocycles. The topological polar surface area (TPSA) is 57.0 Å². The summed E-state index contributed by atoms with van der Waals surface area (Å²) in [5, 5.41) is 0. The van der Waals surface area contributed by atoms with E-state index in [4.69, 9.17) is 19.9 Å². The van der Waals surface area contributed by atoms with Crippen LogP contribution in [-0.2, 0) is 0 Å². The zero-order valence-electron chi connectivity index (χ0n) is 15.5. The highest BCUT2D eigenvalue weighted by molar-refractivity contribution is 5.85. The second-order valence-electron chi connectivity index (χ2n) is 6.32. The summed E-state index contributed by atoms with van der Waals surface area (Å²) < 4.78 is 16.1. The number of hydrogen-bond acceptors (Lipinski definition) is 5. The lowest BCUT2D eigenvalue weighted by Crippen LogP contribution is -2.45. The molecule has 2 N–H and O–H groups in total. The van der Waals surface area contributed by atoms with E-state index in [1.807, 2.05) is 24.3 Å². The number of nitrogens with zero attached hydrogens (tertiary/aromatic N) is 1. The third-order valence-corrected chi connectivity index (χ3v) is 4.92. The van der Waals surface area contributed by atoms with Gasteiger partial charge in [-0.15, -0.1) is 12.4 Å².